The average molecular weight is 566 g/mol. The molecule has 0 aromatic heterocycles. The maximum absolute atomic E-state index is 13.9. The van der Waals surface area contributed by atoms with E-state index in [0.717, 1.165) is 17.3 Å². The number of hydrogen-bond donors (Lipinski definition) is 4. The summed E-state index contributed by atoms with van der Waals surface area (Å²) < 4.78 is 40.6. The van der Waals surface area contributed by atoms with Gasteiger partial charge in [-0.25, -0.2) is 13.2 Å². The van der Waals surface area contributed by atoms with Gasteiger partial charge in [0.2, 0.25) is 11.8 Å². The van der Waals surface area contributed by atoms with Crippen LogP contribution < -0.4 is 21.7 Å². The Balaban J connectivity index is 1.52. The summed E-state index contributed by atoms with van der Waals surface area (Å²) in [6.45, 7) is 4.50. The molecule has 0 saturated carbocycles. The standard InChI is InChI=1S/C27H34F3N5O3S/c1-15(2)24(25(37)32-3)34-19-6-4-16(5-7-19)14-33-26(38)27-35(8-9-39-27)23(36)12-18(31)10-17-11-21(29)22(30)13-20(17)28/h4-7,11,13,15,18,24,27,34H,8-10,12,14,31H2,1-3H3,(H,32,37)(H,33,38)/t18-,24-,27+/m1/s1. The first kappa shape index (κ1) is 30.3. The van der Waals surface area contributed by atoms with E-state index >= 15 is 0 Å². The lowest BCUT2D eigenvalue weighted by Crippen LogP contribution is -2.46. The van der Waals surface area contributed by atoms with Crippen molar-refractivity contribution in [1.82, 2.24) is 15.5 Å². The molecule has 1 fully saturated rings. The number of rotatable bonds is 11. The van der Waals surface area contributed by atoms with Gasteiger partial charge in [0.1, 0.15) is 11.9 Å². The number of thioether (sulfide) groups is 1. The number of carbonyl (C=O) groups is 3. The van der Waals surface area contributed by atoms with Crippen LogP contribution in [-0.4, -0.2) is 59.4 Å². The van der Waals surface area contributed by atoms with Gasteiger partial charge >= 0.3 is 0 Å². The Labute approximate surface area is 230 Å². The molecule has 2 aromatic carbocycles. The third-order valence-electron chi connectivity index (χ3n) is 6.38. The van der Waals surface area contributed by atoms with Crippen LogP contribution in [-0.2, 0) is 27.3 Å². The molecule has 1 saturated heterocycles. The second-order valence-electron chi connectivity index (χ2n) is 9.73. The normalized spacial score (nSPS) is 16.6. The maximum Gasteiger partial charge on any atom is 0.253 e. The van der Waals surface area contributed by atoms with Crippen molar-refractivity contribution in [2.45, 2.75) is 50.7 Å². The highest BCUT2D eigenvalue weighted by Crippen LogP contribution is 2.25. The minimum absolute atomic E-state index is 0.0834. The van der Waals surface area contributed by atoms with E-state index in [1.54, 1.807) is 7.05 Å². The Morgan fingerprint density at radius 3 is 2.38 bits per heavy atom. The third-order valence-corrected chi connectivity index (χ3v) is 7.58. The summed E-state index contributed by atoms with van der Waals surface area (Å²) in [7, 11) is 1.59. The molecule has 0 aliphatic carbocycles. The van der Waals surface area contributed by atoms with E-state index in [9.17, 15) is 27.6 Å². The number of nitrogens with zero attached hydrogens (tertiary/aromatic N) is 1. The van der Waals surface area contributed by atoms with Crippen molar-refractivity contribution in [3.8, 4) is 0 Å². The summed E-state index contributed by atoms with van der Waals surface area (Å²) in [6, 6.07) is 7.31. The lowest BCUT2D eigenvalue weighted by molar-refractivity contribution is -0.136. The number of hydrogen-bond acceptors (Lipinski definition) is 6. The van der Waals surface area contributed by atoms with Crippen molar-refractivity contribution in [2.75, 3.05) is 24.7 Å². The average Bonchev–Trinajstić information content (AvgIpc) is 3.39. The molecule has 3 rings (SSSR count). The van der Waals surface area contributed by atoms with Crippen LogP contribution >= 0.6 is 11.8 Å². The van der Waals surface area contributed by atoms with Gasteiger partial charge in [0, 0.05) is 50.1 Å². The number of carbonyl (C=O) groups excluding carboxylic acids is 3. The Morgan fingerprint density at radius 1 is 1.08 bits per heavy atom. The largest absolute Gasteiger partial charge is 0.373 e. The number of likely N-dealkylation sites (N-methyl/N-ethyl adjacent to an activating group) is 1. The molecule has 0 spiro atoms. The van der Waals surface area contributed by atoms with Crippen molar-refractivity contribution >= 4 is 35.2 Å². The molecule has 0 radical (unpaired) electrons. The summed E-state index contributed by atoms with van der Waals surface area (Å²) >= 11 is 1.33. The summed E-state index contributed by atoms with van der Waals surface area (Å²) in [6.07, 6.45) is -0.330. The van der Waals surface area contributed by atoms with Gasteiger partial charge in [-0.1, -0.05) is 26.0 Å². The number of amides is 3. The second kappa shape index (κ2) is 13.7. The molecule has 3 amide bonds. The van der Waals surface area contributed by atoms with Crippen LogP contribution in [0.2, 0.25) is 0 Å². The fraction of sp³-hybridized carbons (Fsp3) is 0.444. The number of halogens is 3. The number of benzene rings is 2. The van der Waals surface area contributed by atoms with Gasteiger partial charge in [-0.15, -0.1) is 11.8 Å². The number of nitrogens with one attached hydrogen (secondary N) is 3. The molecular weight excluding hydrogens is 531 g/mol. The van der Waals surface area contributed by atoms with Gasteiger partial charge < -0.3 is 26.6 Å². The van der Waals surface area contributed by atoms with Crippen molar-refractivity contribution in [3.63, 3.8) is 0 Å². The second-order valence-corrected chi connectivity index (χ2v) is 10.9. The van der Waals surface area contributed by atoms with Crippen LogP contribution in [0.3, 0.4) is 0 Å². The Hall–Kier alpha value is -3.25. The van der Waals surface area contributed by atoms with Gasteiger partial charge in [0.15, 0.2) is 17.0 Å². The SMILES string of the molecule is CNC(=O)[C@H](Nc1ccc(CNC(=O)[C@@H]2SCCN2C(=O)C[C@H](N)Cc2cc(F)c(F)cc2F)cc1)C(C)C. The van der Waals surface area contributed by atoms with Crippen LogP contribution in [0.4, 0.5) is 18.9 Å². The highest BCUT2D eigenvalue weighted by molar-refractivity contribution is 8.00. The lowest BCUT2D eigenvalue weighted by Gasteiger charge is -2.24. The van der Waals surface area contributed by atoms with Crippen molar-refractivity contribution < 1.29 is 27.6 Å². The van der Waals surface area contributed by atoms with Crippen molar-refractivity contribution in [3.05, 3.63) is 65.0 Å². The minimum Gasteiger partial charge on any atom is -0.373 e. The predicted molar refractivity (Wildman–Crippen MR) is 145 cm³/mol. The zero-order valence-electron chi connectivity index (χ0n) is 22.1. The van der Waals surface area contributed by atoms with E-state index in [4.69, 9.17) is 5.73 Å². The van der Waals surface area contributed by atoms with E-state index in [1.165, 1.54) is 16.7 Å². The van der Waals surface area contributed by atoms with Crippen molar-refractivity contribution in [2.24, 2.45) is 11.7 Å². The molecule has 39 heavy (non-hydrogen) atoms. The quantitative estimate of drug-likeness (QED) is 0.312. The molecule has 0 bridgehead atoms. The highest BCUT2D eigenvalue weighted by Gasteiger charge is 2.35. The molecule has 3 atom stereocenters. The predicted octanol–water partition coefficient (Wildman–Crippen LogP) is 2.76. The minimum atomic E-state index is -1.29. The molecule has 2 aromatic rings. The van der Waals surface area contributed by atoms with Crippen LogP contribution in [0.1, 0.15) is 31.4 Å². The first-order valence-corrected chi connectivity index (χ1v) is 13.7. The smallest absolute Gasteiger partial charge is 0.253 e. The zero-order chi connectivity index (χ0) is 28.7. The number of anilines is 1. The van der Waals surface area contributed by atoms with Crippen molar-refractivity contribution in [1.29, 1.82) is 0 Å². The molecule has 1 aliphatic heterocycles. The molecule has 1 aliphatic rings. The molecule has 12 heteroatoms. The van der Waals surface area contributed by atoms with Crippen LogP contribution in [0.25, 0.3) is 0 Å². The highest BCUT2D eigenvalue weighted by atomic mass is 32.2. The molecule has 1 heterocycles. The summed E-state index contributed by atoms with van der Waals surface area (Å²) in [4.78, 5) is 39.3. The van der Waals surface area contributed by atoms with Gasteiger partial charge in [0.05, 0.1) is 0 Å². The Kier molecular flexibility index (Phi) is 10.6. The topological polar surface area (TPSA) is 117 Å². The number of nitrogens with two attached hydrogens (primary N) is 1. The van der Waals surface area contributed by atoms with Crippen LogP contribution in [0.15, 0.2) is 36.4 Å². The summed E-state index contributed by atoms with van der Waals surface area (Å²) in [5, 5.41) is 7.98. The van der Waals surface area contributed by atoms with Crippen LogP contribution in [0, 0.1) is 23.4 Å². The summed E-state index contributed by atoms with van der Waals surface area (Å²) in [5.74, 6) is -3.56. The van der Waals surface area contributed by atoms with E-state index in [0.29, 0.717) is 18.4 Å². The van der Waals surface area contributed by atoms with E-state index in [1.807, 2.05) is 38.1 Å². The van der Waals surface area contributed by atoms with E-state index in [-0.39, 0.29) is 54.6 Å². The van der Waals surface area contributed by atoms with Crippen LogP contribution in [0.5, 0.6) is 0 Å². The molecule has 5 N–H and O–H groups in total. The summed E-state index contributed by atoms with van der Waals surface area (Å²) in [5.41, 5.74) is 7.50. The first-order chi connectivity index (χ1) is 18.5. The molecular formula is C27H34F3N5O3S. The van der Waals surface area contributed by atoms with Gasteiger partial charge in [-0.2, -0.15) is 0 Å². The fourth-order valence-electron chi connectivity index (χ4n) is 4.22. The fourth-order valence-corrected chi connectivity index (χ4v) is 5.39. The Morgan fingerprint density at radius 2 is 1.74 bits per heavy atom. The Bertz CT molecular complexity index is 1180. The lowest BCUT2D eigenvalue weighted by atomic mass is 10.0. The van der Waals surface area contributed by atoms with E-state index < -0.39 is 28.9 Å². The molecule has 0 unspecified atom stereocenters. The monoisotopic (exact) mass is 565 g/mol. The first-order valence-electron chi connectivity index (χ1n) is 12.6. The van der Waals surface area contributed by atoms with E-state index in [2.05, 4.69) is 16.0 Å². The maximum atomic E-state index is 13.9. The van der Waals surface area contributed by atoms with Gasteiger partial charge in [-0.05, 0) is 41.7 Å². The van der Waals surface area contributed by atoms with Gasteiger partial charge in [-0.3, -0.25) is 14.4 Å². The van der Waals surface area contributed by atoms with Gasteiger partial charge in [0.25, 0.3) is 5.91 Å². The third kappa shape index (κ3) is 8.12. The zero-order valence-corrected chi connectivity index (χ0v) is 22.9. The molecule has 8 nitrogen and oxygen atoms in total. The molecule has 212 valence electrons.